The molecule has 0 fully saturated rings. The van der Waals surface area contributed by atoms with Crippen LogP contribution >= 0.6 is 46.4 Å². The van der Waals surface area contributed by atoms with Gasteiger partial charge in [-0.05, 0) is 41.7 Å². The van der Waals surface area contributed by atoms with Crippen molar-refractivity contribution in [3.05, 3.63) is 0 Å². The third kappa shape index (κ3) is 5.42. The smallest absolute Gasteiger partial charge is 0.340 e. The van der Waals surface area contributed by atoms with Gasteiger partial charge in [0.25, 0.3) is 0 Å². The Morgan fingerprint density at radius 3 is 2.00 bits per heavy atom. The number of rotatable bonds is 1. The molecule has 0 radical (unpaired) electrons. The molecule has 0 aromatic carbocycles. The van der Waals surface area contributed by atoms with Crippen LogP contribution in [0.4, 0.5) is 0 Å². The van der Waals surface area contributed by atoms with Gasteiger partial charge in [0.05, 0.1) is 0 Å². The van der Waals surface area contributed by atoms with E-state index in [2.05, 4.69) is 4.74 Å². The highest BCUT2D eigenvalue weighted by Crippen LogP contribution is 2.28. The van der Waals surface area contributed by atoms with E-state index in [4.69, 9.17) is 46.4 Å². The minimum atomic E-state index is -2.01. The van der Waals surface area contributed by atoms with Gasteiger partial charge in [0.2, 0.25) is 0 Å². The maximum absolute atomic E-state index is 10.6. The molecular weight excluding hydrogens is 222 g/mol. The highest BCUT2D eigenvalue weighted by atomic mass is 35.6. The standard InChI is InChI=1S/C4H4Cl4O2/c1-2(5)3(9)10-4(6,7)8/h2H,1H3. The van der Waals surface area contributed by atoms with E-state index < -0.39 is 15.3 Å². The van der Waals surface area contributed by atoms with Crippen molar-refractivity contribution in [2.45, 2.75) is 16.3 Å². The van der Waals surface area contributed by atoms with E-state index >= 15 is 0 Å². The molecule has 6 heteroatoms. The lowest BCUT2D eigenvalue weighted by atomic mass is 10.5. The van der Waals surface area contributed by atoms with Crippen LogP contribution in [0.25, 0.3) is 0 Å². The molecule has 0 saturated carbocycles. The molecular formula is C4H4Cl4O2. The molecule has 0 rings (SSSR count). The van der Waals surface area contributed by atoms with Crippen LogP contribution in [-0.4, -0.2) is 15.3 Å². The Morgan fingerprint density at radius 2 is 1.90 bits per heavy atom. The highest BCUT2D eigenvalue weighted by Gasteiger charge is 2.27. The van der Waals surface area contributed by atoms with Crippen molar-refractivity contribution >= 4 is 52.4 Å². The van der Waals surface area contributed by atoms with E-state index in [0.29, 0.717) is 0 Å². The number of carbonyl (C=O) groups is 1. The summed E-state index contributed by atoms with van der Waals surface area (Å²) in [6.07, 6.45) is 0. The number of esters is 1. The Hall–Kier alpha value is 0.630. The normalized spacial score (nSPS) is 14.5. The molecule has 1 atom stereocenters. The molecule has 0 N–H and O–H groups in total. The quantitative estimate of drug-likeness (QED) is 0.507. The van der Waals surface area contributed by atoms with Crippen molar-refractivity contribution in [2.24, 2.45) is 0 Å². The second-order valence-corrected chi connectivity index (χ2v) is 4.31. The topological polar surface area (TPSA) is 26.3 Å². The minimum Gasteiger partial charge on any atom is -0.413 e. The first-order valence-electron chi connectivity index (χ1n) is 2.26. The van der Waals surface area contributed by atoms with Crippen molar-refractivity contribution in [2.75, 3.05) is 0 Å². The second-order valence-electron chi connectivity index (χ2n) is 1.48. The fourth-order valence-electron chi connectivity index (χ4n) is 0.195. The zero-order chi connectivity index (χ0) is 8.36. The van der Waals surface area contributed by atoms with E-state index in [9.17, 15) is 4.79 Å². The average molecular weight is 226 g/mol. The first kappa shape index (κ1) is 10.6. The van der Waals surface area contributed by atoms with Gasteiger partial charge >= 0.3 is 9.95 Å². The molecule has 0 heterocycles. The van der Waals surface area contributed by atoms with E-state index in [-0.39, 0.29) is 0 Å². The highest BCUT2D eigenvalue weighted by molar-refractivity contribution is 6.66. The number of hydrogen-bond donors (Lipinski definition) is 0. The summed E-state index contributed by atoms with van der Waals surface area (Å²) in [5.41, 5.74) is 0. The Kier molecular flexibility index (Phi) is 4.10. The van der Waals surface area contributed by atoms with Crippen LogP contribution in [0.1, 0.15) is 6.92 Å². The fourth-order valence-corrected chi connectivity index (χ4v) is 0.468. The third-order valence-electron chi connectivity index (χ3n) is 0.541. The van der Waals surface area contributed by atoms with Crippen LogP contribution in [0, 0.1) is 0 Å². The van der Waals surface area contributed by atoms with Gasteiger partial charge in [-0.3, -0.25) is 4.79 Å². The van der Waals surface area contributed by atoms with Crippen molar-refractivity contribution in [1.29, 1.82) is 0 Å². The van der Waals surface area contributed by atoms with Crippen LogP contribution in [0.3, 0.4) is 0 Å². The average Bonchev–Trinajstić information content (AvgIpc) is 1.60. The van der Waals surface area contributed by atoms with Crippen LogP contribution in [0.15, 0.2) is 0 Å². The summed E-state index contributed by atoms with van der Waals surface area (Å²) in [6, 6.07) is 0. The maximum Gasteiger partial charge on any atom is 0.340 e. The van der Waals surface area contributed by atoms with E-state index in [1.54, 1.807) is 0 Å². The lowest BCUT2D eigenvalue weighted by Crippen LogP contribution is -2.21. The maximum atomic E-state index is 10.6. The summed E-state index contributed by atoms with van der Waals surface area (Å²) >= 11 is 20.6. The number of alkyl halides is 4. The van der Waals surface area contributed by atoms with Crippen molar-refractivity contribution in [3.63, 3.8) is 0 Å². The van der Waals surface area contributed by atoms with Crippen LogP contribution in [0.2, 0.25) is 0 Å². The van der Waals surface area contributed by atoms with Crippen molar-refractivity contribution in [1.82, 2.24) is 0 Å². The molecule has 0 aliphatic rings. The number of hydrogen-bond acceptors (Lipinski definition) is 2. The lowest BCUT2D eigenvalue weighted by Gasteiger charge is -2.12. The monoisotopic (exact) mass is 224 g/mol. The number of halogens is 4. The van der Waals surface area contributed by atoms with Crippen molar-refractivity contribution in [3.8, 4) is 0 Å². The van der Waals surface area contributed by atoms with E-state index in [1.807, 2.05) is 0 Å². The third-order valence-corrected chi connectivity index (χ3v) is 0.951. The lowest BCUT2D eigenvalue weighted by molar-refractivity contribution is -0.143. The van der Waals surface area contributed by atoms with Crippen LogP contribution < -0.4 is 0 Å². The molecule has 0 spiro atoms. The van der Waals surface area contributed by atoms with Crippen molar-refractivity contribution < 1.29 is 9.53 Å². The molecule has 0 aromatic heterocycles. The Labute approximate surface area is 78.3 Å². The van der Waals surface area contributed by atoms with E-state index in [0.717, 1.165) is 0 Å². The zero-order valence-corrected chi connectivity index (χ0v) is 7.93. The largest absolute Gasteiger partial charge is 0.413 e. The van der Waals surface area contributed by atoms with Crippen LogP contribution in [-0.2, 0) is 9.53 Å². The SMILES string of the molecule is CC(Cl)C(=O)OC(Cl)(Cl)Cl. The first-order valence-corrected chi connectivity index (χ1v) is 3.83. The molecule has 0 bridgehead atoms. The molecule has 0 aliphatic heterocycles. The molecule has 0 aromatic rings. The summed E-state index contributed by atoms with van der Waals surface area (Å²) in [5.74, 6) is -0.762. The molecule has 0 aliphatic carbocycles. The predicted molar refractivity (Wildman–Crippen MR) is 41.7 cm³/mol. The summed E-state index contributed by atoms with van der Waals surface area (Å²) in [4.78, 5) is 10.6. The molecule has 10 heavy (non-hydrogen) atoms. The van der Waals surface area contributed by atoms with Gasteiger partial charge in [-0.1, -0.05) is 0 Å². The molecule has 60 valence electrons. The van der Waals surface area contributed by atoms with Gasteiger partial charge in [-0.25, -0.2) is 0 Å². The number of ether oxygens (including phenoxy) is 1. The Balaban J connectivity index is 3.81. The number of carbonyl (C=O) groups excluding carboxylic acids is 1. The summed E-state index contributed by atoms with van der Waals surface area (Å²) in [7, 11) is 0. The zero-order valence-electron chi connectivity index (χ0n) is 4.91. The van der Waals surface area contributed by atoms with Gasteiger partial charge in [-0.2, -0.15) is 0 Å². The Morgan fingerprint density at radius 1 is 1.50 bits per heavy atom. The molecule has 1 unspecified atom stereocenters. The second kappa shape index (κ2) is 3.86. The van der Waals surface area contributed by atoms with Gasteiger partial charge in [0, 0.05) is 0 Å². The summed E-state index contributed by atoms with van der Waals surface area (Å²) in [6.45, 7) is 1.42. The van der Waals surface area contributed by atoms with E-state index in [1.165, 1.54) is 6.92 Å². The minimum absolute atomic E-state index is 0.762. The summed E-state index contributed by atoms with van der Waals surface area (Å²) < 4.78 is 2.21. The fraction of sp³-hybridized carbons (Fsp3) is 0.750. The van der Waals surface area contributed by atoms with Gasteiger partial charge in [-0.15, -0.1) is 11.6 Å². The predicted octanol–water partition coefficient (Wildman–Crippen LogP) is 2.48. The van der Waals surface area contributed by atoms with Gasteiger partial charge < -0.3 is 4.74 Å². The molecule has 0 amide bonds. The summed E-state index contributed by atoms with van der Waals surface area (Å²) in [5, 5.41) is -0.810. The molecule has 2 nitrogen and oxygen atoms in total. The first-order chi connectivity index (χ1) is 4.33. The Bertz CT molecular complexity index is 128. The van der Waals surface area contributed by atoms with Gasteiger partial charge in [0.15, 0.2) is 0 Å². The molecule has 0 saturated heterocycles. The van der Waals surface area contributed by atoms with Crippen LogP contribution in [0.5, 0.6) is 0 Å². The van der Waals surface area contributed by atoms with Gasteiger partial charge in [0.1, 0.15) is 5.38 Å².